The number of alkyl carbamates (subject to hydrolysis) is 1. The molecular weight excluding hydrogens is 1060 g/mol. The first-order valence-corrected chi connectivity index (χ1v) is 40.4. The Morgan fingerprint density at radius 2 is 0.812 bits per heavy atom. The Hall–Kier alpha value is -4.36. The summed E-state index contributed by atoms with van der Waals surface area (Å²) in [5.41, 5.74) is 6.22. The van der Waals surface area contributed by atoms with E-state index in [0.717, 1.165) is 39.3 Å². The molecule has 0 fully saturated rings. The van der Waals surface area contributed by atoms with Gasteiger partial charge in [0, 0.05) is 12.5 Å². The zero-order valence-corrected chi connectivity index (χ0v) is 56.8. The van der Waals surface area contributed by atoms with Gasteiger partial charge in [-0.05, 0) is 136 Å². The van der Waals surface area contributed by atoms with Gasteiger partial charge in [0.05, 0.1) is 45.2 Å². The van der Waals surface area contributed by atoms with Crippen molar-refractivity contribution in [3.8, 4) is 22.6 Å². The average molecular weight is 1160 g/mol. The second kappa shape index (κ2) is 24.8. The van der Waals surface area contributed by atoms with E-state index in [1.165, 1.54) is 11.1 Å². The van der Waals surface area contributed by atoms with E-state index >= 15 is 0 Å². The first-order valence-electron chi connectivity index (χ1n) is 28.8. The van der Waals surface area contributed by atoms with Crippen LogP contribution in [-0.4, -0.2) is 97.8 Å². The predicted molar refractivity (Wildman–Crippen MR) is 340 cm³/mol. The SMILES string of the molecule is COc1ccc(C(OCC(O[Si](C)(C)C(C)(C)C)C(O[Si](C)(C)C(C)(C)C)C(O[Si](C)(C)C(C)(C)C)C(CNC(=O)OCC2c3ccccc3-c3ccccc32)O[Si](C)(C)C(C)(C)C)(c2ccccc2)c2ccc(OC)cc2)cc1. The Morgan fingerprint density at radius 3 is 1.21 bits per heavy atom. The number of methoxy groups -OCH3 is 2. The molecule has 14 heteroatoms. The summed E-state index contributed by atoms with van der Waals surface area (Å²) >= 11 is 0. The van der Waals surface area contributed by atoms with Crippen molar-refractivity contribution in [3.63, 3.8) is 0 Å². The molecule has 1 amide bonds. The molecule has 438 valence electrons. The Kier molecular flexibility index (Phi) is 20.1. The molecule has 80 heavy (non-hydrogen) atoms. The topological polar surface area (TPSA) is 103 Å². The van der Waals surface area contributed by atoms with Gasteiger partial charge in [-0.25, -0.2) is 4.79 Å². The Morgan fingerprint density at radius 1 is 0.463 bits per heavy atom. The number of amides is 1. The lowest BCUT2D eigenvalue weighted by Gasteiger charge is -2.52. The second-order valence-electron chi connectivity index (χ2n) is 28.0. The summed E-state index contributed by atoms with van der Waals surface area (Å²) in [5, 5.41) is 2.39. The molecule has 0 spiro atoms. The normalized spacial score (nSPS) is 15.6. The van der Waals surface area contributed by atoms with E-state index in [-0.39, 0.29) is 45.8 Å². The van der Waals surface area contributed by atoms with E-state index in [0.29, 0.717) is 0 Å². The van der Waals surface area contributed by atoms with Gasteiger partial charge in [-0.1, -0.05) is 186 Å². The summed E-state index contributed by atoms with van der Waals surface area (Å²) in [5.74, 6) is 1.37. The van der Waals surface area contributed by atoms with Crippen LogP contribution in [0.2, 0.25) is 72.5 Å². The molecule has 0 heterocycles. The van der Waals surface area contributed by atoms with Gasteiger partial charge >= 0.3 is 6.09 Å². The smallest absolute Gasteiger partial charge is 0.407 e. The highest BCUT2D eigenvalue weighted by Gasteiger charge is 2.54. The fraction of sp³-hybridized carbons (Fsp3) is 0.530. The van der Waals surface area contributed by atoms with Crippen molar-refractivity contribution < 1.29 is 41.4 Å². The van der Waals surface area contributed by atoms with Crippen LogP contribution in [0.4, 0.5) is 4.79 Å². The molecule has 0 bridgehead atoms. The van der Waals surface area contributed by atoms with Gasteiger partial charge in [-0.2, -0.15) is 0 Å². The lowest BCUT2D eigenvalue weighted by atomic mass is 9.80. The van der Waals surface area contributed by atoms with E-state index < -0.39 is 69.4 Å². The van der Waals surface area contributed by atoms with Crippen molar-refractivity contribution in [1.82, 2.24) is 5.32 Å². The first-order chi connectivity index (χ1) is 37.0. The molecule has 0 saturated heterocycles. The molecule has 4 atom stereocenters. The number of benzene rings is 5. The van der Waals surface area contributed by atoms with Crippen molar-refractivity contribution in [3.05, 3.63) is 155 Å². The van der Waals surface area contributed by atoms with Crippen LogP contribution in [-0.2, 0) is 32.8 Å². The maximum absolute atomic E-state index is 14.5. The van der Waals surface area contributed by atoms with Gasteiger partial charge < -0.3 is 42.0 Å². The van der Waals surface area contributed by atoms with Crippen LogP contribution in [0.25, 0.3) is 11.1 Å². The summed E-state index contributed by atoms with van der Waals surface area (Å²) in [6.45, 7) is 45.9. The number of hydrogen-bond acceptors (Lipinski definition) is 9. The predicted octanol–water partition coefficient (Wildman–Crippen LogP) is 17.1. The van der Waals surface area contributed by atoms with Gasteiger partial charge in [0.25, 0.3) is 0 Å². The third-order valence-corrected chi connectivity index (χ3v) is 36.4. The van der Waals surface area contributed by atoms with Crippen LogP contribution < -0.4 is 14.8 Å². The summed E-state index contributed by atoms with van der Waals surface area (Å²) in [6.07, 6.45) is -3.49. The molecule has 1 aliphatic carbocycles. The van der Waals surface area contributed by atoms with Crippen molar-refractivity contribution in [2.45, 2.75) is 192 Å². The van der Waals surface area contributed by atoms with Crippen molar-refractivity contribution in [2.24, 2.45) is 0 Å². The molecule has 0 aromatic heterocycles. The number of fused-ring (bicyclic) bond motifs is 3. The molecule has 1 N–H and O–H groups in total. The fourth-order valence-corrected chi connectivity index (χ4v) is 14.7. The number of hydrogen-bond donors (Lipinski definition) is 1. The van der Waals surface area contributed by atoms with E-state index in [1.807, 2.05) is 30.3 Å². The molecule has 5 aromatic carbocycles. The van der Waals surface area contributed by atoms with E-state index in [1.54, 1.807) is 14.2 Å². The minimum atomic E-state index is -2.76. The third kappa shape index (κ3) is 14.5. The molecule has 0 saturated carbocycles. The summed E-state index contributed by atoms with van der Waals surface area (Å²) in [6, 6.07) is 43.5. The highest BCUT2D eigenvalue weighted by atomic mass is 28.4. The first kappa shape index (κ1) is 64.8. The highest BCUT2D eigenvalue weighted by molar-refractivity contribution is 6.75. The lowest BCUT2D eigenvalue weighted by molar-refractivity contribution is -0.117. The maximum atomic E-state index is 14.5. The quantitative estimate of drug-likeness (QED) is 0.0506. The Balaban J connectivity index is 1.58. The molecule has 4 unspecified atom stereocenters. The fourth-order valence-electron chi connectivity index (χ4n) is 9.39. The summed E-state index contributed by atoms with van der Waals surface area (Å²) < 4.78 is 57.5. The van der Waals surface area contributed by atoms with Gasteiger partial charge in [0.1, 0.15) is 23.7 Å². The highest BCUT2D eigenvalue weighted by Crippen LogP contribution is 2.49. The minimum absolute atomic E-state index is 0.0860. The van der Waals surface area contributed by atoms with Gasteiger partial charge in [-0.3, -0.25) is 0 Å². The van der Waals surface area contributed by atoms with Crippen molar-refractivity contribution in [2.75, 3.05) is 34.0 Å². The van der Waals surface area contributed by atoms with Crippen LogP contribution >= 0.6 is 0 Å². The number of carbonyl (C=O) groups is 1. The average Bonchev–Trinajstić information content (AvgIpc) is 3.70. The Labute approximate surface area is 486 Å². The van der Waals surface area contributed by atoms with Crippen molar-refractivity contribution >= 4 is 39.4 Å². The number of ether oxygens (including phenoxy) is 4. The van der Waals surface area contributed by atoms with Crippen LogP contribution in [0.15, 0.2) is 127 Å². The van der Waals surface area contributed by atoms with Gasteiger partial charge in [0.2, 0.25) is 0 Å². The minimum Gasteiger partial charge on any atom is -0.497 e. The van der Waals surface area contributed by atoms with Crippen LogP contribution in [0.5, 0.6) is 11.5 Å². The van der Waals surface area contributed by atoms with Crippen LogP contribution in [0, 0.1) is 0 Å². The van der Waals surface area contributed by atoms with Gasteiger partial charge in [0.15, 0.2) is 33.3 Å². The molecule has 0 radical (unpaired) electrons. The Bertz CT molecular complexity index is 2720. The third-order valence-electron chi connectivity index (χ3n) is 18.5. The molecular formula is C66H99NO9Si4. The van der Waals surface area contributed by atoms with E-state index in [9.17, 15) is 4.79 Å². The monoisotopic (exact) mass is 1160 g/mol. The number of rotatable bonds is 23. The molecule has 6 rings (SSSR count). The number of carbonyl (C=O) groups excluding carboxylic acids is 1. The molecule has 5 aromatic rings. The zero-order valence-electron chi connectivity index (χ0n) is 52.8. The zero-order chi connectivity index (χ0) is 59.5. The van der Waals surface area contributed by atoms with Crippen LogP contribution in [0.1, 0.15) is 117 Å². The largest absolute Gasteiger partial charge is 0.497 e. The molecule has 0 aliphatic heterocycles. The summed E-state index contributed by atoms with van der Waals surface area (Å²) in [7, 11) is -7.54. The standard InChI is InChI=1S/C66H99NO9Si4/c1-62(2,3)77(15,16)73-57(44-67-61(68)71-45-56-54-34-28-26-32-52(54)53-33-27-29-35-55(53)56)59(75-79(19,20)64(7,8)9)60(76-80(21,22)65(10,11)12)58(74-78(17,18)63(4,5)6)46-72-66(47-30-24-23-25-31-47,48-36-40-50(69-13)41-37-48)49-38-42-51(70-14)43-39-49/h23-43,56-60H,44-46H2,1-22H3,(H,67,68). The molecule has 10 nitrogen and oxygen atoms in total. The van der Waals surface area contributed by atoms with Gasteiger partial charge in [-0.15, -0.1) is 0 Å². The van der Waals surface area contributed by atoms with E-state index in [4.69, 9.17) is 36.7 Å². The maximum Gasteiger partial charge on any atom is 0.407 e. The number of nitrogens with one attached hydrogen (secondary N) is 1. The molecule has 1 aliphatic rings. The lowest BCUT2D eigenvalue weighted by Crippen LogP contribution is -2.64. The van der Waals surface area contributed by atoms with Crippen LogP contribution in [0.3, 0.4) is 0 Å². The second-order valence-corrected chi connectivity index (χ2v) is 47.1. The van der Waals surface area contributed by atoms with Crippen molar-refractivity contribution in [1.29, 1.82) is 0 Å². The summed E-state index contributed by atoms with van der Waals surface area (Å²) in [4.78, 5) is 14.5. The van der Waals surface area contributed by atoms with E-state index in [2.05, 4.69) is 238 Å².